The van der Waals surface area contributed by atoms with E-state index in [1.807, 2.05) is 0 Å². The standard InChI is InChI=1S/C12H18N2O/c1-3-10-4-6-11(7-5-10)8-14-9-12(15)13-2/h4-7,14H,3,8-9H2,1-2H3,(H,13,15). The Kier molecular flexibility index (Phi) is 4.84. The summed E-state index contributed by atoms with van der Waals surface area (Å²) in [7, 11) is 1.64. The van der Waals surface area contributed by atoms with Crippen LogP contribution in [0, 0.1) is 0 Å². The minimum atomic E-state index is 0.0141. The summed E-state index contributed by atoms with van der Waals surface area (Å²) in [6.45, 7) is 3.24. The molecule has 0 atom stereocenters. The highest BCUT2D eigenvalue weighted by Crippen LogP contribution is 2.04. The molecule has 0 spiro atoms. The van der Waals surface area contributed by atoms with Crippen molar-refractivity contribution in [3.63, 3.8) is 0 Å². The van der Waals surface area contributed by atoms with E-state index in [2.05, 4.69) is 41.8 Å². The van der Waals surface area contributed by atoms with Gasteiger partial charge in [-0.25, -0.2) is 0 Å². The van der Waals surface area contributed by atoms with Crippen molar-refractivity contribution in [1.29, 1.82) is 0 Å². The van der Waals surface area contributed by atoms with Crippen molar-refractivity contribution in [2.75, 3.05) is 13.6 Å². The Bertz CT molecular complexity index is 306. The average Bonchev–Trinajstić information content (AvgIpc) is 2.29. The van der Waals surface area contributed by atoms with E-state index < -0.39 is 0 Å². The smallest absolute Gasteiger partial charge is 0.233 e. The maximum Gasteiger partial charge on any atom is 0.233 e. The predicted octanol–water partition coefficient (Wildman–Crippen LogP) is 1.08. The summed E-state index contributed by atoms with van der Waals surface area (Å²) in [4.78, 5) is 10.9. The lowest BCUT2D eigenvalue weighted by Crippen LogP contribution is -2.30. The fourth-order valence-electron chi connectivity index (χ4n) is 1.30. The van der Waals surface area contributed by atoms with E-state index >= 15 is 0 Å². The van der Waals surface area contributed by atoms with Gasteiger partial charge in [0.05, 0.1) is 6.54 Å². The van der Waals surface area contributed by atoms with Gasteiger partial charge < -0.3 is 10.6 Å². The zero-order chi connectivity index (χ0) is 11.1. The second kappa shape index (κ2) is 6.19. The summed E-state index contributed by atoms with van der Waals surface area (Å²) in [6.07, 6.45) is 1.06. The van der Waals surface area contributed by atoms with E-state index in [1.165, 1.54) is 11.1 Å². The van der Waals surface area contributed by atoms with Gasteiger partial charge in [-0.3, -0.25) is 4.79 Å². The lowest BCUT2D eigenvalue weighted by Gasteiger charge is -2.04. The Balaban J connectivity index is 2.34. The van der Waals surface area contributed by atoms with Crippen LogP contribution in [0.4, 0.5) is 0 Å². The summed E-state index contributed by atoms with van der Waals surface area (Å²) in [5, 5.41) is 5.65. The number of hydrogen-bond donors (Lipinski definition) is 2. The van der Waals surface area contributed by atoms with Gasteiger partial charge in [0.1, 0.15) is 0 Å². The molecule has 2 N–H and O–H groups in total. The largest absolute Gasteiger partial charge is 0.358 e. The van der Waals surface area contributed by atoms with Crippen LogP contribution < -0.4 is 10.6 Å². The van der Waals surface area contributed by atoms with Crippen molar-refractivity contribution >= 4 is 5.91 Å². The highest BCUT2D eigenvalue weighted by atomic mass is 16.1. The number of nitrogens with one attached hydrogen (secondary N) is 2. The molecule has 0 bridgehead atoms. The van der Waals surface area contributed by atoms with Crippen molar-refractivity contribution in [2.24, 2.45) is 0 Å². The van der Waals surface area contributed by atoms with Gasteiger partial charge in [0.2, 0.25) is 5.91 Å². The molecule has 1 aromatic rings. The number of aryl methyl sites for hydroxylation is 1. The van der Waals surface area contributed by atoms with Crippen molar-refractivity contribution in [2.45, 2.75) is 19.9 Å². The van der Waals surface area contributed by atoms with Crippen LogP contribution in [-0.2, 0) is 17.8 Å². The highest BCUT2D eigenvalue weighted by Gasteiger charge is 1.97. The number of carbonyl (C=O) groups excluding carboxylic acids is 1. The summed E-state index contributed by atoms with van der Waals surface area (Å²) in [6, 6.07) is 8.43. The first-order valence-corrected chi connectivity index (χ1v) is 5.25. The molecule has 0 aliphatic rings. The van der Waals surface area contributed by atoms with E-state index in [-0.39, 0.29) is 5.91 Å². The fourth-order valence-corrected chi connectivity index (χ4v) is 1.30. The zero-order valence-corrected chi connectivity index (χ0v) is 9.34. The first-order valence-electron chi connectivity index (χ1n) is 5.25. The fraction of sp³-hybridized carbons (Fsp3) is 0.417. The van der Waals surface area contributed by atoms with E-state index in [4.69, 9.17) is 0 Å². The summed E-state index contributed by atoms with van der Waals surface area (Å²) < 4.78 is 0. The number of hydrogen-bond acceptors (Lipinski definition) is 2. The molecule has 0 aromatic heterocycles. The number of amides is 1. The van der Waals surface area contributed by atoms with E-state index in [1.54, 1.807) is 7.05 Å². The van der Waals surface area contributed by atoms with Gasteiger partial charge in [-0.15, -0.1) is 0 Å². The average molecular weight is 206 g/mol. The second-order valence-electron chi connectivity index (χ2n) is 3.45. The Labute approximate surface area is 90.9 Å². The molecular formula is C12H18N2O. The van der Waals surface area contributed by atoms with E-state index in [9.17, 15) is 4.79 Å². The van der Waals surface area contributed by atoms with Crippen molar-refractivity contribution < 1.29 is 4.79 Å². The quantitative estimate of drug-likeness (QED) is 0.757. The van der Waals surface area contributed by atoms with Crippen LogP contribution >= 0.6 is 0 Å². The molecule has 0 saturated carbocycles. The lowest BCUT2D eigenvalue weighted by molar-refractivity contribution is -0.119. The van der Waals surface area contributed by atoms with Gasteiger partial charge in [-0.2, -0.15) is 0 Å². The SMILES string of the molecule is CCc1ccc(CNCC(=O)NC)cc1. The summed E-state index contributed by atoms with van der Waals surface area (Å²) >= 11 is 0. The Morgan fingerprint density at radius 2 is 1.80 bits per heavy atom. The monoisotopic (exact) mass is 206 g/mol. The molecule has 0 aliphatic carbocycles. The molecule has 0 radical (unpaired) electrons. The maximum atomic E-state index is 10.9. The van der Waals surface area contributed by atoms with Gasteiger partial charge >= 0.3 is 0 Å². The van der Waals surface area contributed by atoms with Crippen LogP contribution in [-0.4, -0.2) is 19.5 Å². The molecule has 0 saturated heterocycles. The Morgan fingerprint density at radius 3 is 2.33 bits per heavy atom. The number of rotatable bonds is 5. The topological polar surface area (TPSA) is 41.1 Å². The highest BCUT2D eigenvalue weighted by molar-refractivity contribution is 5.77. The molecule has 3 nitrogen and oxygen atoms in total. The van der Waals surface area contributed by atoms with Crippen LogP contribution in [0.5, 0.6) is 0 Å². The van der Waals surface area contributed by atoms with Gasteiger partial charge in [0.25, 0.3) is 0 Å². The van der Waals surface area contributed by atoms with Gasteiger partial charge in [0.15, 0.2) is 0 Å². The van der Waals surface area contributed by atoms with Gasteiger partial charge in [0, 0.05) is 13.6 Å². The molecule has 0 heterocycles. The molecule has 0 fully saturated rings. The number of likely N-dealkylation sites (N-methyl/N-ethyl adjacent to an activating group) is 1. The minimum Gasteiger partial charge on any atom is -0.358 e. The van der Waals surface area contributed by atoms with Crippen LogP contribution in [0.25, 0.3) is 0 Å². The zero-order valence-electron chi connectivity index (χ0n) is 9.34. The number of carbonyl (C=O) groups is 1. The molecule has 82 valence electrons. The second-order valence-corrected chi connectivity index (χ2v) is 3.45. The summed E-state index contributed by atoms with van der Waals surface area (Å²) in [5.41, 5.74) is 2.54. The van der Waals surface area contributed by atoms with Crippen molar-refractivity contribution in [1.82, 2.24) is 10.6 Å². The van der Waals surface area contributed by atoms with Gasteiger partial charge in [-0.05, 0) is 17.5 Å². The molecule has 1 aromatic carbocycles. The molecule has 1 rings (SSSR count). The summed E-state index contributed by atoms with van der Waals surface area (Å²) in [5.74, 6) is 0.0141. The lowest BCUT2D eigenvalue weighted by atomic mass is 10.1. The van der Waals surface area contributed by atoms with E-state index in [0.29, 0.717) is 6.54 Å². The van der Waals surface area contributed by atoms with Crippen LogP contribution in [0.1, 0.15) is 18.1 Å². The molecule has 0 unspecified atom stereocenters. The molecule has 0 aliphatic heterocycles. The Morgan fingerprint density at radius 1 is 1.20 bits per heavy atom. The van der Waals surface area contributed by atoms with Crippen LogP contribution in [0.2, 0.25) is 0 Å². The first-order chi connectivity index (χ1) is 7.26. The third-order valence-electron chi connectivity index (χ3n) is 2.32. The third kappa shape index (κ3) is 4.13. The number of benzene rings is 1. The predicted molar refractivity (Wildman–Crippen MR) is 61.6 cm³/mol. The van der Waals surface area contributed by atoms with Crippen LogP contribution in [0.15, 0.2) is 24.3 Å². The molecule has 1 amide bonds. The van der Waals surface area contributed by atoms with Gasteiger partial charge in [-0.1, -0.05) is 31.2 Å². The molecule has 3 heteroatoms. The normalized spacial score (nSPS) is 10.0. The van der Waals surface area contributed by atoms with Crippen molar-refractivity contribution in [3.8, 4) is 0 Å². The third-order valence-corrected chi connectivity index (χ3v) is 2.32. The maximum absolute atomic E-state index is 10.9. The molecule has 15 heavy (non-hydrogen) atoms. The van der Waals surface area contributed by atoms with E-state index in [0.717, 1.165) is 13.0 Å². The van der Waals surface area contributed by atoms with Crippen LogP contribution in [0.3, 0.4) is 0 Å². The van der Waals surface area contributed by atoms with Crippen molar-refractivity contribution in [3.05, 3.63) is 35.4 Å². The minimum absolute atomic E-state index is 0.0141. The Hall–Kier alpha value is -1.35. The molecular weight excluding hydrogens is 188 g/mol. The first kappa shape index (κ1) is 11.7.